The van der Waals surface area contributed by atoms with Crippen LogP contribution in [0.25, 0.3) is 0 Å². The van der Waals surface area contributed by atoms with E-state index in [4.69, 9.17) is 4.74 Å². The second-order valence-electron chi connectivity index (χ2n) is 6.08. The van der Waals surface area contributed by atoms with Crippen LogP contribution in [0.4, 0.5) is 10.1 Å². The highest BCUT2D eigenvalue weighted by molar-refractivity contribution is 5.50. The quantitative estimate of drug-likeness (QED) is 0.824. The molecule has 0 bridgehead atoms. The fourth-order valence-corrected chi connectivity index (χ4v) is 2.39. The molecule has 0 aliphatic carbocycles. The van der Waals surface area contributed by atoms with Crippen LogP contribution in [-0.2, 0) is 11.2 Å². The van der Waals surface area contributed by atoms with Crippen molar-refractivity contribution >= 4 is 5.69 Å². The molecule has 3 heteroatoms. The van der Waals surface area contributed by atoms with Crippen molar-refractivity contribution in [1.29, 1.82) is 0 Å². The van der Waals surface area contributed by atoms with Gasteiger partial charge in [0.2, 0.25) is 0 Å². The van der Waals surface area contributed by atoms with E-state index in [0.29, 0.717) is 13.2 Å². The molecular weight excluding hydrogens is 241 g/mol. The maximum Gasteiger partial charge on any atom is 0.146 e. The molecule has 0 saturated carbocycles. The lowest BCUT2D eigenvalue weighted by Crippen LogP contribution is -2.36. The van der Waals surface area contributed by atoms with Crippen LogP contribution >= 0.6 is 0 Å². The zero-order chi connectivity index (χ0) is 13.9. The van der Waals surface area contributed by atoms with E-state index in [-0.39, 0.29) is 11.2 Å². The summed E-state index contributed by atoms with van der Waals surface area (Å²) in [5, 5.41) is 0. The van der Waals surface area contributed by atoms with Crippen LogP contribution in [-0.4, -0.2) is 26.3 Å². The van der Waals surface area contributed by atoms with Crippen LogP contribution in [0.1, 0.15) is 32.8 Å². The average molecular weight is 265 g/mol. The van der Waals surface area contributed by atoms with Gasteiger partial charge in [-0.1, -0.05) is 33.3 Å². The Bertz CT molecular complexity index is 425. The normalized spacial score (nSPS) is 16.7. The van der Waals surface area contributed by atoms with Crippen molar-refractivity contribution in [1.82, 2.24) is 0 Å². The summed E-state index contributed by atoms with van der Waals surface area (Å²) in [4.78, 5) is 2.08. The van der Waals surface area contributed by atoms with E-state index in [0.717, 1.165) is 31.6 Å². The summed E-state index contributed by atoms with van der Waals surface area (Å²) in [6.45, 7) is 9.63. The maximum absolute atomic E-state index is 14.0. The largest absolute Gasteiger partial charge is 0.378 e. The second kappa shape index (κ2) is 5.91. The Kier molecular flexibility index (Phi) is 4.46. The summed E-state index contributed by atoms with van der Waals surface area (Å²) in [6.07, 6.45) is 2.11. The summed E-state index contributed by atoms with van der Waals surface area (Å²) in [5.41, 5.74) is 2.21. The van der Waals surface area contributed by atoms with Gasteiger partial charge in [0.25, 0.3) is 0 Å². The Hall–Kier alpha value is -1.09. The number of morpholine rings is 1. The van der Waals surface area contributed by atoms with Crippen LogP contribution in [0.15, 0.2) is 18.2 Å². The third-order valence-electron chi connectivity index (χ3n) is 4.00. The first-order chi connectivity index (χ1) is 9.02. The van der Waals surface area contributed by atoms with Gasteiger partial charge in [0.05, 0.1) is 18.9 Å². The van der Waals surface area contributed by atoms with E-state index in [9.17, 15) is 4.39 Å². The molecule has 1 fully saturated rings. The molecule has 106 valence electrons. The predicted molar refractivity (Wildman–Crippen MR) is 77.2 cm³/mol. The minimum atomic E-state index is -0.125. The summed E-state index contributed by atoms with van der Waals surface area (Å²) in [5.74, 6) is -0.125. The molecule has 2 nitrogen and oxygen atoms in total. The Labute approximate surface area is 115 Å². The zero-order valence-corrected chi connectivity index (χ0v) is 12.2. The minimum Gasteiger partial charge on any atom is -0.378 e. The molecule has 1 aliphatic rings. The molecule has 0 unspecified atom stereocenters. The number of halogens is 1. The first kappa shape index (κ1) is 14.3. The Balaban J connectivity index is 2.19. The molecule has 0 N–H and O–H groups in total. The summed E-state index contributed by atoms with van der Waals surface area (Å²) < 4.78 is 19.3. The van der Waals surface area contributed by atoms with Gasteiger partial charge in [-0.05, 0) is 29.5 Å². The smallest absolute Gasteiger partial charge is 0.146 e. The lowest BCUT2D eigenvalue weighted by molar-refractivity contribution is 0.122. The number of benzene rings is 1. The third kappa shape index (κ3) is 3.69. The van der Waals surface area contributed by atoms with Crippen LogP contribution in [0.3, 0.4) is 0 Å². The van der Waals surface area contributed by atoms with Gasteiger partial charge in [-0.2, -0.15) is 0 Å². The highest BCUT2D eigenvalue weighted by Crippen LogP contribution is 2.29. The van der Waals surface area contributed by atoms with Gasteiger partial charge in [-0.15, -0.1) is 0 Å². The van der Waals surface area contributed by atoms with Crippen molar-refractivity contribution in [3.8, 4) is 0 Å². The fourth-order valence-electron chi connectivity index (χ4n) is 2.39. The first-order valence-electron chi connectivity index (χ1n) is 7.13. The van der Waals surface area contributed by atoms with Crippen LogP contribution in [0.5, 0.6) is 0 Å². The number of nitrogens with zero attached hydrogens (tertiary/aromatic N) is 1. The molecule has 1 aromatic rings. The second-order valence-corrected chi connectivity index (χ2v) is 6.08. The van der Waals surface area contributed by atoms with Gasteiger partial charge in [0, 0.05) is 13.1 Å². The van der Waals surface area contributed by atoms with E-state index >= 15 is 0 Å². The van der Waals surface area contributed by atoms with Crippen LogP contribution in [0.2, 0.25) is 0 Å². The van der Waals surface area contributed by atoms with Crippen molar-refractivity contribution in [3.63, 3.8) is 0 Å². The maximum atomic E-state index is 14.0. The Morgan fingerprint density at radius 3 is 2.58 bits per heavy atom. The van der Waals surface area contributed by atoms with Gasteiger partial charge in [0.1, 0.15) is 5.82 Å². The van der Waals surface area contributed by atoms with Gasteiger partial charge in [-0.3, -0.25) is 0 Å². The minimum absolute atomic E-state index is 0.125. The van der Waals surface area contributed by atoms with Gasteiger partial charge >= 0.3 is 0 Å². The summed E-state index contributed by atoms with van der Waals surface area (Å²) in [7, 11) is 0. The summed E-state index contributed by atoms with van der Waals surface area (Å²) >= 11 is 0. The molecule has 0 spiro atoms. The highest BCUT2D eigenvalue weighted by Gasteiger charge is 2.19. The van der Waals surface area contributed by atoms with Crippen molar-refractivity contribution in [2.24, 2.45) is 5.41 Å². The van der Waals surface area contributed by atoms with Crippen molar-refractivity contribution < 1.29 is 9.13 Å². The zero-order valence-electron chi connectivity index (χ0n) is 12.2. The number of hydrogen-bond donors (Lipinski definition) is 0. The van der Waals surface area contributed by atoms with Crippen LogP contribution in [0, 0.1) is 11.2 Å². The molecule has 1 saturated heterocycles. The Morgan fingerprint density at radius 1 is 1.26 bits per heavy atom. The third-order valence-corrected chi connectivity index (χ3v) is 4.00. The highest BCUT2D eigenvalue weighted by atomic mass is 19.1. The molecule has 1 heterocycles. The SMILES string of the molecule is CCC(C)(C)Cc1ccc(F)c(N2CCOCC2)c1. The number of ether oxygens (including phenoxy) is 1. The Morgan fingerprint density at radius 2 is 1.95 bits per heavy atom. The average Bonchev–Trinajstić information content (AvgIpc) is 2.42. The van der Waals surface area contributed by atoms with E-state index in [1.165, 1.54) is 5.56 Å². The summed E-state index contributed by atoms with van der Waals surface area (Å²) in [6, 6.07) is 5.53. The fraction of sp³-hybridized carbons (Fsp3) is 0.625. The predicted octanol–water partition coefficient (Wildman–Crippen LogP) is 3.64. The molecule has 19 heavy (non-hydrogen) atoms. The van der Waals surface area contributed by atoms with E-state index < -0.39 is 0 Å². The topological polar surface area (TPSA) is 12.5 Å². The van der Waals surface area contributed by atoms with Gasteiger partial charge in [0.15, 0.2) is 0 Å². The number of hydrogen-bond acceptors (Lipinski definition) is 2. The molecular formula is C16H24FNO. The standard InChI is InChI=1S/C16H24FNO/c1-4-16(2,3)12-13-5-6-14(17)15(11-13)18-7-9-19-10-8-18/h5-6,11H,4,7-10,12H2,1-3H3. The molecule has 0 amide bonds. The van der Waals surface area contributed by atoms with Crippen molar-refractivity contribution in [3.05, 3.63) is 29.6 Å². The van der Waals surface area contributed by atoms with Crippen LogP contribution < -0.4 is 4.90 Å². The molecule has 1 aliphatic heterocycles. The van der Waals surface area contributed by atoms with Gasteiger partial charge in [-0.25, -0.2) is 4.39 Å². The monoisotopic (exact) mass is 265 g/mol. The number of anilines is 1. The van der Waals surface area contributed by atoms with Crippen molar-refractivity contribution in [2.75, 3.05) is 31.2 Å². The van der Waals surface area contributed by atoms with E-state index in [2.05, 4.69) is 25.7 Å². The molecule has 1 aromatic carbocycles. The molecule has 2 rings (SSSR count). The molecule has 0 aromatic heterocycles. The lowest BCUT2D eigenvalue weighted by atomic mass is 9.83. The molecule has 0 radical (unpaired) electrons. The number of rotatable bonds is 4. The van der Waals surface area contributed by atoms with E-state index in [1.54, 1.807) is 6.07 Å². The first-order valence-corrected chi connectivity index (χ1v) is 7.13. The van der Waals surface area contributed by atoms with Crippen molar-refractivity contribution in [2.45, 2.75) is 33.6 Å². The van der Waals surface area contributed by atoms with Gasteiger partial charge < -0.3 is 9.64 Å². The van der Waals surface area contributed by atoms with E-state index in [1.807, 2.05) is 12.1 Å². The molecule has 0 atom stereocenters. The lowest BCUT2D eigenvalue weighted by Gasteiger charge is -2.30.